The fourth-order valence-electron chi connectivity index (χ4n) is 4.87. The van der Waals surface area contributed by atoms with Crippen LogP contribution in [-0.4, -0.2) is 21.3 Å². The van der Waals surface area contributed by atoms with Crippen molar-refractivity contribution in [2.75, 3.05) is 0 Å². The van der Waals surface area contributed by atoms with E-state index in [9.17, 15) is 15.0 Å². The number of phenolic OH excluding ortho intramolecular Hbond substituents is 2. The van der Waals surface area contributed by atoms with Gasteiger partial charge in [-0.15, -0.1) is 0 Å². The van der Waals surface area contributed by atoms with E-state index in [1.54, 1.807) is 24.3 Å². The average Bonchev–Trinajstić information content (AvgIpc) is 2.82. The summed E-state index contributed by atoms with van der Waals surface area (Å²) in [7, 11) is 0. The molecule has 2 rings (SSSR count). The van der Waals surface area contributed by atoms with Gasteiger partial charge in [-0.05, 0) is 79.3 Å². The summed E-state index contributed by atoms with van der Waals surface area (Å²) >= 11 is 0. The zero-order chi connectivity index (χ0) is 24.6. The highest BCUT2D eigenvalue weighted by molar-refractivity contribution is 5.66. The zero-order valence-electron chi connectivity index (χ0n) is 20.9. The van der Waals surface area contributed by atoms with E-state index < -0.39 is 5.97 Å². The number of aromatic hydroxyl groups is 2. The third-order valence-electron chi connectivity index (χ3n) is 6.94. The minimum absolute atomic E-state index is 0.281. The van der Waals surface area contributed by atoms with Crippen LogP contribution in [0.2, 0.25) is 0 Å². The highest BCUT2D eigenvalue weighted by Gasteiger charge is 2.17. The van der Waals surface area contributed by atoms with Gasteiger partial charge in [-0.3, -0.25) is 4.79 Å². The van der Waals surface area contributed by atoms with Crippen molar-refractivity contribution in [3.8, 4) is 11.5 Å². The molecule has 0 aromatic heterocycles. The first-order valence-electron chi connectivity index (χ1n) is 13.3. The molecule has 0 aliphatic heterocycles. The van der Waals surface area contributed by atoms with Gasteiger partial charge < -0.3 is 15.3 Å². The van der Waals surface area contributed by atoms with E-state index >= 15 is 0 Å². The Morgan fingerprint density at radius 2 is 1.03 bits per heavy atom. The van der Waals surface area contributed by atoms with Crippen LogP contribution in [0, 0.1) is 0 Å². The molecule has 4 heteroatoms. The second kappa shape index (κ2) is 16.2. The number of rotatable bonds is 18. The largest absolute Gasteiger partial charge is 0.508 e. The monoisotopic (exact) mass is 468 g/mol. The number of phenols is 2. The fraction of sp³-hybridized carbons (Fsp3) is 0.567. The summed E-state index contributed by atoms with van der Waals surface area (Å²) in [5.41, 5.74) is 2.62. The van der Waals surface area contributed by atoms with Crippen LogP contribution in [0.15, 0.2) is 48.5 Å². The van der Waals surface area contributed by atoms with Gasteiger partial charge in [0.15, 0.2) is 0 Å². The van der Waals surface area contributed by atoms with Gasteiger partial charge in [0.05, 0.1) is 0 Å². The molecule has 0 bridgehead atoms. The smallest absolute Gasteiger partial charge is 0.303 e. The van der Waals surface area contributed by atoms with E-state index in [1.807, 2.05) is 0 Å². The van der Waals surface area contributed by atoms with Crippen molar-refractivity contribution < 1.29 is 20.1 Å². The molecule has 0 fully saturated rings. The molecular weight excluding hydrogens is 424 g/mol. The maximum atomic E-state index is 10.6. The van der Waals surface area contributed by atoms with Crippen molar-refractivity contribution in [3.63, 3.8) is 0 Å². The Balaban J connectivity index is 1.92. The lowest BCUT2D eigenvalue weighted by Crippen LogP contribution is -2.05. The number of benzene rings is 2. The molecular formula is C30H44O4. The molecule has 2 atom stereocenters. The second-order valence-electron chi connectivity index (χ2n) is 9.70. The number of carboxylic acid groups (broad SMARTS) is 1. The Kier molecular flexibility index (Phi) is 13.2. The molecule has 4 nitrogen and oxygen atoms in total. The van der Waals surface area contributed by atoms with Crippen LogP contribution in [0.25, 0.3) is 0 Å². The normalized spacial score (nSPS) is 13.0. The lowest BCUT2D eigenvalue weighted by atomic mass is 9.82. The molecule has 34 heavy (non-hydrogen) atoms. The summed E-state index contributed by atoms with van der Waals surface area (Å²) in [6.45, 7) is 2.24. The van der Waals surface area contributed by atoms with Crippen LogP contribution in [0.5, 0.6) is 11.5 Å². The van der Waals surface area contributed by atoms with Gasteiger partial charge in [0.25, 0.3) is 0 Å². The van der Waals surface area contributed by atoms with E-state index in [4.69, 9.17) is 5.11 Å². The molecule has 0 saturated heterocycles. The summed E-state index contributed by atoms with van der Waals surface area (Å²) in [5.74, 6) is 0.905. The molecule has 3 N–H and O–H groups in total. The molecule has 188 valence electrons. The van der Waals surface area contributed by atoms with E-state index in [2.05, 4.69) is 31.2 Å². The molecule has 2 aromatic rings. The number of unbranched alkanes of at least 4 members (excludes halogenated alkanes) is 7. The summed E-state index contributed by atoms with van der Waals surface area (Å²) in [5, 5.41) is 28.2. The van der Waals surface area contributed by atoms with Gasteiger partial charge in [-0.25, -0.2) is 0 Å². The molecule has 2 unspecified atom stereocenters. The van der Waals surface area contributed by atoms with Crippen molar-refractivity contribution in [2.24, 2.45) is 0 Å². The third kappa shape index (κ3) is 11.1. The molecule has 0 amide bonds. The van der Waals surface area contributed by atoms with Crippen LogP contribution in [0.1, 0.15) is 120 Å². The van der Waals surface area contributed by atoms with Crippen molar-refractivity contribution in [1.29, 1.82) is 0 Å². The first-order valence-corrected chi connectivity index (χ1v) is 13.3. The summed E-state index contributed by atoms with van der Waals surface area (Å²) in [6, 6.07) is 15.5. The van der Waals surface area contributed by atoms with E-state index in [1.165, 1.54) is 49.7 Å². The highest BCUT2D eigenvalue weighted by atomic mass is 16.4. The Bertz CT molecular complexity index is 798. The lowest BCUT2D eigenvalue weighted by molar-refractivity contribution is -0.137. The quantitative estimate of drug-likeness (QED) is 0.192. The van der Waals surface area contributed by atoms with Gasteiger partial charge >= 0.3 is 5.97 Å². The molecule has 0 spiro atoms. The Hall–Kier alpha value is -2.49. The average molecular weight is 469 g/mol. The van der Waals surface area contributed by atoms with E-state index in [-0.39, 0.29) is 6.42 Å². The van der Waals surface area contributed by atoms with Gasteiger partial charge in [0.2, 0.25) is 0 Å². The van der Waals surface area contributed by atoms with Gasteiger partial charge in [0, 0.05) is 6.42 Å². The minimum atomic E-state index is -0.697. The molecule has 0 aliphatic carbocycles. The lowest BCUT2D eigenvalue weighted by Gasteiger charge is -2.23. The van der Waals surface area contributed by atoms with Gasteiger partial charge in [-0.2, -0.15) is 0 Å². The zero-order valence-corrected chi connectivity index (χ0v) is 20.9. The van der Waals surface area contributed by atoms with Crippen LogP contribution in [0.4, 0.5) is 0 Å². The first-order chi connectivity index (χ1) is 16.5. The van der Waals surface area contributed by atoms with E-state index in [0.29, 0.717) is 23.3 Å². The van der Waals surface area contributed by atoms with Crippen molar-refractivity contribution >= 4 is 5.97 Å². The molecule has 0 saturated carbocycles. The van der Waals surface area contributed by atoms with Crippen LogP contribution < -0.4 is 0 Å². The summed E-state index contributed by atoms with van der Waals surface area (Å²) in [6.07, 6.45) is 14.9. The SMILES string of the molecule is CCCCCC(CCC(CCCCCCCCC(=O)O)c1ccc(O)cc1)c1ccc(O)cc1. The van der Waals surface area contributed by atoms with Gasteiger partial charge in [-0.1, -0.05) is 82.6 Å². The number of carboxylic acids is 1. The molecule has 0 radical (unpaired) electrons. The topological polar surface area (TPSA) is 77.8 Å². The first kappa shape index (κ1) is 27.8. The number of carbonyl (C=O) groups is 1. The van der Waals surface area contributed by atoms with Crippen LogP contribution >= 0.6 is 0 Å². The maximum Gasteiger partial charge on any atom is 0.303 e. The molecule has 0 heterocycles. The third-order valence-corrected chi connectivity index (χ3v) is 6.94. The minimum Gasteiger partial charge on any atom is -0.508 e. The Morgan fingerprint density at radius 3 is 1.47 bits per heavy atom. The maximum absolute atomic E-state index is 10.6. The standard InChI is InChI=1S/C30H44O4/c1-2-3-8-11-24(26-16-20-28(31)21-17-26)14-15-25(27-18-22-29(32)23-19-27)12-9-6-4-5-7-10-13-30(33)34/h16-25,31-32H,2-15H2,1H3,(H,33,34). The Labute approximate surface area is 206 Å². The summed E-state index contributed by atoms with van der Waals surface area (Å²) in [4.78, 5) is 10.6. The van der Waals surface area contributed by atoms with Crippen LogP contribution in [0.3, 0.4) is 0 Å². The van der Waals surface area contributed by atoms with E-state index in [0.717, 1.165) is 44.9 Å². The van der Waals surface area contributed by atoms with Crippen molar-refractivity contribution in [1.82, 2.24) is 0 Å². The predicted octanol–water partition coefficient (Wildman–Crippen LogP) is 8.53. The van der Waals surface area contributed by atoms with Crippen molar-refractivity contribution in [3.05, 3.63) is 59.7 Å². The fourth-order valence-corrected chi connectivity index (χ4v) is 4.87. The number of hydrogen-bond acceptors (Lipinski definition) is 3. The van der Waals surface area contributed by atoms with Crippen LogP contribution in [-0.2, 0) is 4.79 Å². The highest BCUT2D eigenvalue weighted by Crippen LogP contribution is 2.35. The molecule has 0 aliphatic rings. The predicted molar refractivity (Wildman–Crippen MR) is 140 cm³/mol. The second-order valence-corrected chi connectivity index (χ2v) is 9.70. The van der Waals surface area contributed by atoms with Gasteiger partial charge in [0.1, 0.15) is 11.5 Å². The van der Waals surface area contributed by atoms with Crippen molar-refractivity contribution in [2.45, 2.75) is 109 Å². The number of aliphatic carboxylic acids is 1. The Morgan fingerprint density at radius 1 is 0.618 bits per heavy atom. The summed E-state index contributed by atoms with van der Waals surface area (Å²) < 4.78 is 0. The number of hydrogen-bond donors (Lipinski definition) is 3. The molecule has 2 aromatic carbocycles.